The van der Waals surface area contributed by atoms with E-state index in [1.807, 2.05) is 0 Å². The van der Waals surface area contributed by atoms with Gasteiger partial charge in [-0.1, -0.05) is 19.1 Å². The third-order valence-electron chi connectivity index (χ3n) is 4.37. The number of hydrogen-bond donors (Lipinski definition) is 2. The van der Waals surface area contributed by atoms with Crippen LogP contribution in [0.15, 0.2) is 24.3 Å². The lowest BCUT2D eigenvalue weighted by Crippen LogP contribution is -2.51. The lowest BCUT2D eigenvalue weighted by atomic mass is 9.91. The number of Topliss-reactive ketones (excluding diaryl/α,β-unsaturated/α-hetero) is 1. The molecule has 1 saturated heterocycles. The summed E-state index contributed by atoms with van der Waals surface area (Å²) in [5.74, 6) is 0.449. The first kappa shape index (κ1) is 16.6. The van der Waals surface area contributed by atoms with Crippen LogP contribution >= 0.6 is 0 Å². The van der Waals surface area contributed by atoms with Gasteiger partial charge in [-0.3, -0.25) is 14.5 Å². The summed E-state index contributed by atoms with van der Waals surface area (Å²) in [6, 6.07) is 7.29. The number of likely N-dealkylation sites (tertiary alicyclic amines) is 1. The van der Waals surface area contributed by atoms with Crippen molar-refractivity contribution in [3.8, 4) is 0 Å². The number of carbonyl (C=O) groups excluding carboxylic acids is 2. The number of carbonyl (C=O) groups is 2. The molecule has 0 saturated carbocycles. The zero-order valence-corrected chi connectivity index (χ0v) is 13.3. The summed E-state index contributed by atoms with van der Waals surface area (Å²) in [7, 11) is 0. The Morgan fingerprint density at radius 2 is 2.18 bits per heavy atom. The quantitative estimate of drug-likeness (QED) is 0.815. The highest BCUT2D eigenvalue weighted by Crippen LogP contribution is 2.22. The lowest BCUT2D eigenvalue weighted by molar-refractivity contribution is -0.118. The number of hydrogen-bond acceptors (Lipinski definition) is 4. The van der Waals surface area contributed by atoms with E-state index < -0.39 is 0 Å². The topological polar surface area (TPSA) is 75.4 Å². The van der Waals surface area contributed by atoms with Gasteiger partial charge in [-0.25, -0.2) is 0 Å². The van der Waals surface area contributed by atoms with Crippen molar-refractivity contribution in [2.24, 2.45) is 11.7 Å². The van der Waals surface area contributed by atoms with Crippen molar-refractivity contribution in [3.63, 3.8) is 0 Å². The molecular formula is C17H25N3O2. The third-order valence-corrected chi connectivity index (χ3v) is 4.37. The molecule has 5 heteroatoms. The van der Waals surface area contributed by atoms with Crippen LogP contribution in [-0.2, 0) is 4.79 Å². The van der Waals surface area contributed by atoms with Crippen molar-refractivity contribution in [1.29, 1.82) is 0 Å². The molecule has 1 aliphatic rings. The average Bonchev–Trinajstić information content (AvgIpc) is 2.47. The van der Waals surface area contributed by atoms with Crippen LogP contribution < -0.4 is 11.1 Å². The van der Waals surface area contributed by atoms with Crippen LogP contribution in [0.4, 0.5) is 5.69 Å². The second kappa shape index (κ2) is 7.51. The maximum atomic E-state index is 12.3. The van der Waals surface area contributed by atoms with Gasteiger partial charge in [-0.15, -0.1) is 0 Å². The molecule has 1 heterocycles. The second-order valence-electron chi connectivity index (χ2n) is 6.08. The van der Waals surface area contributed by atoms with Gasteiger partial charge in [-0.2, -0.15) is 0 Å². The monoisotopic (exact) mass is 303 g/mol. The Morgan fingerprint density at radius 1 is 1.41 bits per heavy atom. The van der Waals surface area contributed by atoms with Crippen molar-refractivity contribution in [2.45, 2.75) is 32.7 Å². The Balaban J connectivity index is 1.97. The van der Waals surface area contributed by atoms with Gasteiger partial charge in [0, 0.05) is 23.8 Å². The molecule has 0 aliphatic carbocycles. The fourth-order valence-electron chi connectivity index (χ4n) is 3.11. The molecule has 1 fully saturated rings. The van der Waals surface area contributed by atoms with Crippen molar-refractivity contribution < 1.29 is 9.59 Å². The molecule has 2 rings (SSSR count). The minimum atomic E-state index is -0.0618. The second-order valence-corrected chi connectivity index (χ2v) is 6.08. The molecule has 1 aromatic rings. The molecule has 1 amide bonds. The van der Waals surface area contributed by atoms with E-state index in [2.05, 4.69) is 17.1 Å². The Labute approximate surface area is 131 Å². The summed E-state index contributed by atoms with van der Waals surface area (Å²) >= 11 is 0. The number of nitrogens with two attached hydrogens (primary N) is 1. The minimum absolute atomic E-state index is 0.0100. The van der Waals surface area contributed by atoms with Crippen LogP contribution in [0.3, 0.4) is 0 Å². The van der Waals surface area contributed by atoms with E-state index in [9.17, 15) is 9.59 Å². The highest BCUT2D eigenvalue weighted by Gasteiger charge is 2.28. The van der Waals surface area contributed by atoms with Gasteiger partial charge >= 0.3 is 0 Å². The first-order chi connectivity index (χ1) is 10.5. The molecule has 120 valence electrons. The highest BCUT2D eigenvalue weighted by atomic mass is 16.2. The van der Waals surface area contributed by atoms with Gasteiger partial charge in [0.1, 0.15) is 0 Å². The van der Waals surface area contributed by atoms with Gasteiger partial charge in [0.15, 0.2) is 5.78 Å². The summed E-state index contributed by atoms with van der Waals surface area (Å²) in [6.45, 7) is 5.54. The van der Waals surface area contributed by atoms with E-state index in [1.165, 1.54) is 13.3 Å². The maximum absolute atomic E-state index is 12.3. The van der Waals surface area contributed by atoms with Crippen LogP contribution in [0.25, 0.3) is 0 Å². The van der Waals surface area contributed by atoms with Gasteiger partial charge in [0.2, 0.25) is 5.91 Å². The number of benzene rings is 1. The SMILES string of the molecule is CC(=O)c1cccc(NC(=O)CN2CCCC(C)C2CN)c1. The largest absolute Gasteiger partial charge is 0.329 e. The number of nitrogens with zero attached hydrogens (tertiary/aromatic N) is 1. The molecule has 22 heavy (non-hydrogen) atoms. The van der Waals surface area contributed by atoms with E-state index >= 15 is 0 Å². The molecular weight excluding hydrogens is 278 g/mol. The molecule has 0 radical (unpaired) electrons. The van der Waals surface area contributed by atoms with Gasteiger partial charge < -0.3 is 11.1 Å². The van der Waals surface area contributed by atoms with E-state index in [0.717, 1.165) is 13.0 Å². The zero-order chi connectivity index (χ0) is 16.1. The fourth-order valence-corrected chi connectivity index (χ4v) is 3.11. The summed E-state index contributed by atoms with van der Waals surface area (Å²) in [4.78, 5) is 25.8. The molecule has 0 bridgehead atoms. The lowest BCUT2D eigenvalue weighted by Gasteiger charge is -2.38. The van der Waals surface area contributed by atoms with Crippen molar-refractivity contribution in [1.82, 2.24) is 4.90 Å². The summed E-state index contributed by atoms with van der Waals surface area (Å²) < 4.78 is 0. The number of piperidine rings is 1. The zero-order valence-electron chi connectivity index (χ0n) is 13.3. The Hall–Kier alpha value is -1.72. The summed E-state index contributed by atoms with van der Waals surface area (Å²) in [5, 5.41) is 2.87. The summed E-state index contributed by atoms with van der Waals surface area (Å²) in [6.07, 6.45) is 2.27. The van der Waals surface area contributed by atoms with Crippen molar-refractivity contribution in [3.05, 3.63) is 29.8 Å². The fraction of sp³-hybridized carbons (Fsp3) is 0.529. The van der Waals surface area contributed by atoms with Crippen LogP contribution in [0.5, 0.6) is 0 Å². The Kier molecular flexibility index (Phi) is 5.69. The average molecular weight is 303 g/mol. The number of nitrogens with one attached hydrogen (secondary N) is 1. The number of amides is 1. The third kappa shape index (κ3) is 4.15. The molecule has 2 unspecified atom stereocenters. The molecule has 0 aromatic heterocycles. The molecule has 3 N–H and O–H groups in total. The normalized spacial score (nSPS) is 22.3. The molecule has 1 aliphatic heterocycles. The van der Waals surface area contributed by atoms with E-state index in [1.54, 1.807) is 24.3 Å². The van der Waals surface area contributed by atoms with E-state index in [-0.39, 0.29) is 17.7 Å². The molecule has 0 spiro atoms. The van der Waals surface area contributed by atoms with Crippen LogP contribution in [0.2, 0.25) is 0 Å². The van der Waals surface area contributed by atoms with Crippen molar-refractivity contribution >= 4 is 17.4 Å². The van der Waals surface area contributed by atoms with E-state index in [4.69, 9.17) is 5.73 Å². The first-order valence-electron chi connectivity index (χ1n) is 7.86. The van der Waals surface area contributed by atoms with Crippen LogP contribution in [0, 0.1) is 5.92 Å². The molecule has 2 atom stereocenters. The van der Waals surface area contributed by atoms with Crippen LogP contribution in [0.1, 0.15) is 37.0 Å². The minimum Gasteiger partial charge on any atom is -0.329 e. The van der Waals surface area contributed by atoms with Crippen LogP contribution in [-0.4, -0.2) is 42.3 Å². The number of ketones is 1. The number of anilines is 1. The predicted octanol–water partition coefficient (Wildman–Crippen LogP) is 1.89. The molecule has 5 nitrogen and oxygen atoms in total. The standard InChI is InChI=1S/C17H25N3O2/c1-12-5-4-8-20(16(12)10-18)11-17(22)19-15-7-3-6-14(9-15)13(2)21/h3,6-7,9,12,16H,4-5,8,10-11,18H2,1-2H3,(H,19,22). The Morgan fingerprint density at radius 3 is 2.86 bits per heavy atom. The predicted molar refractivity (Wildman–Crippen MR) is 87.9 cm³/mol. The Bertz CT molecular complexity index is 544. The first-order valence-corrected chi connectivity index (χ1v) is 7.86. The number of rotatable bonds is 5. The van der Waals surface area contributed by atoms with Gasteiger partial charge in [0.25, 0.3) is 0 Å². The maximum Gasteiger partial charge on any atom is 0.238 e. The smallest absolute Gasteiger partial charge is 0.238 e. The molecule has 1 aromatic carbocycles. The van der Waals surface area contributed by atoms with Gasteiger partial charge in [0.05, 0.1) is 6.54 Å². The summed E-state index contributed by atoms with van der Waals surface area (Å²) in [5.41, 5.74) is 7.12. The highest BCUT2D eigenvalue weighted by molar-refractivity contribution is 5.97. The van der Waals surface area contributed by atoms with Crippen molar-refractivity contribution in [2.75, 3.05) is 25.0 Å². The van der Waals surface area contributed by atoms with E-state index in [0.29, 0.717) is 30.3 Å². The van der Waals surface area contributed by atoms with Gasteiger partial charge in [-0.05, 0) is 44.4 Å².